The number of hydrogen-bond donors (Lipinski definition) is 1. The van der Waals surface area contributed by atoms with Crippen molar-refractivity contribution in [1.82, 2.24) is 4.98 Å². The van der Waals surface area contributed by atoms with Crippen molar-refractivity contribution < 1.29 is 0 Å². The monoisotopic (exact) mass is 213 g/mol. The number of nitrogens with zero attached hydrogens (tertiary/aromatic N) is 2. The molecule has 0 aliphatic carbocycles. The van der Waals surface area contributed by atoms with Gasteiger partial charge in [0, 0.05) is 13.1 Å². The van der Waals surface area contributed by atoms with E-state index in [0.717, 1.165) is 10.1 Å². The normalized spacial score (nSPS) is 14.1. The summed E-state index contributed by atoms with van der Waals surface area (Å²) in [6.07, 6.45) is 1.71. The Bertz CT molecular complexity index is 301. The van der Waals surface area contributed by atoms with E-state index < -0.39 is 0 Å². The lowest BCUT2D eigenvalue weighted by atomic mass is 9.87. The van der Waals surface area contributed by atoms with Crippen LogP contribution < -0.4 is 10.6 Å². The molecule has 1 heterocycles. The maximum atomic E-state index is 5.65. The first-order chi connectivity index (χ1) is 6.32. The van der Waals surface area contributed by atoms with Crippen molar-refractivity contribution in [1.29, 1.82) is 0 Å². The van der Waals surface area contributed by atoms with Crippen LogP contribution in [0.4, 0.5) is 10.1 Å². The number of aromatic nitrogens is 1. The minimum absolute atomic E-state index is 0.245. The van der Waals surface area contributed by atoms with Gasteiger partial charge in [-0.05, 0) is 12.3 Å². The summed E-state index contributed by atoms with van der Waals surface area (Å²) in [6.45, 7) is 8.89. The zero-order chi connectivity index (χ0) is 10.9. The molecule has 0 fully saturated rings. The molecule has 80 valence electrons. The Labute approximate surface area is 89.9 Å². The lowest BCUT2D eigenvalue weighted by Crippen LogP contribution is -2.39. The second-order valence-electron chi connectivity index (χ2n) is 4.70. The molecule has 1 aromatic rings. The van der Waals surface area contributed by atoms with Gasteiger partial charge in [0.05, 0.1) is 6.20 Å². The molecular weight excluding hydrogens is 194 g/mol. The van der Waals surface area contributed by atoms with E-state index in [1.54, 1.807) is 6.20 Å². The fraction of sp³-hybridized carbons (Fsp3) is 0.700. The van der Waals surface area contributed by atoms with Crippen molar-refractivity contribution in [3.8, 4) is 0 Å². The van der Waals surface area contributed by atoms with Gasteiger partial charge in [-0.15, -0.1) is 0 Å². The molecule has 1 aromatic heterocycles. The second-order valence-corrected chi connectivity index (χ2v) is 5.74. The molecule has 0 bridgehead atoms. The number of rotatable bonds is 2. The van der Waals surface area contributed by atoms with E-state index in [4.69, 9.17) is 5.73 Å². The average Bonchev–Trinajstić information content (AvgIpc) is 2.47. The molecule has 0 saturated heterocycles. The van der Waals surface area contributed by atoms with Crippen molar-refractivity contribution in [3.63, 3.8) is 0 Å². The highest BCUT2D eigenvalue weighted by atomic mass is 32.1. The van der Waals surface area contributed by atoms with Gasteiger partial charge in [-0.3, -0.25) is 0 Å². The fourth-order valence-corrected chi connectivity index (χ4v) is 1.91. The van der Waals surface area contributed by atoms with Crippen LogP contribution >= 0.6 is 11.3 Å². The quantitative estimate of drug-likeness (QED) is 0.821. The molecule has 2 N–H and O–H groups in total. The van der Waals surface area contributed by atoms with Crippen molar-refractivity contribution in [2.75, 3.05) is 17.7 Å². The zero-order valence-corrected chi connectivity index (χ0v) is 10.4. The number of nitrogen functional groups attached to an aromatic ring is 1. The Balaban J connectivity index is 2.80. The van der Waals surface area contributed by atoms with E-state index in [9.17, 15) is 0 Å². The van der Waals surface area contributed by atoms with Gasteiger partial charge in [0.15, 0.2) is 5.13 Å². The van der Waals surface area contributed by atoms with E-state index in [1.807, 2.05) is 0 Å². The molecular formula is C10H19N3S. The number of anilines is 2. The molecule has 14 heavy (non-hydrogen) atoms. The van der Waals surface area contributed by atoms with E-state index in [0.29, 0.717) is 6.04 Å². The Hall–Kier alpha value is -0.770. The van der Waals surface area contributed by atoms with Gasteiger partial charge in [0.25, 0.3) is 0 Å². The lowest BCUT2D eigenvalue weighted by Gasteiger charge is -2.35. The summed E-state index contributed by atoms with van der Waals surface area (Å²) >= 11 is 1.53. The van der Waals surface area contributed by atoms with Crippen LogP contribution in [0.3, 0.4) is 0 Å². The van der Waals surface area contributed by atoms with Crippen LogP contribution in [-0.2, 0) is 0 Å². The van der Waals surface area contributed by atoms with Crippen molar-refractivity contribution in [2.45, 2.75) is 33.7 Å². The van der Waals surface area contributed by atoms with Crippen molar-refractivity contribution >= 4 is 21.5 Å². The van der Waals surface area contributed by atoms with Gasteiger partial charge in [0.1, 0.15) is 5.00 Å². The molecule has 3 nitrogen and oxygen atoms in total. The highest BCUT2D eigenvalue weighted by molar-refractivity contribution is 7.19. The minimum atomic E-state index is 0.245. The Morgan fingerprint density at radius 1 is 1.50 bits per heavy atom. The van der Waals surface area contributed by atoms with Gasteiger partial charge in [-0.2, -0.15) is 0 Å². The van der Waals surface area contributed by atoms with E-state index in [-0.39, 0.29) is 5.41 Å². The van der Waals surface area contributed by atoms with Crippen LogP contribution in [-0.4, -0.2) is 18.1 Å². The van der Waals surface area contributed by atoms with Crippen LogP contribution in [0.2, 0.25) is 0 Å². The first kappa shape index (κ1) is 11.3. The SMILES string of the molecule is CC(N(C)c1ncc(N)s1)C(C)(C)C. The highest BCUT2D eigenvalue weighted by Crippen LogP contribution is 2.30. The largest absolute Gasteiger partial charge is 0.389 e. The van der Waals surface area contributed by atoms with Crippen LogP contribution in [0.15, 0.2) is 6.20 Å². The minimum Gasteiger partial charge on any atom is -0.389 e. The van der Waals surface area contributed by atoms with Crippen LogP contribution in [0, 0.1) is 5.41 Å². The summed E-state index contributed by atoms with van der Waals surface area (Å²) in [5.41, 5.74) is 5.90. The van der Waals surface area contributed by atoms with Crippen molar-refractivity contribution in [2.24, 2.45) is 5.41 Å². The van der Waals surface area contributed by atoms with Gasteiger partial charge >= 0.3 is 0 Å². The summed E-state index contributed by atoms with van der Waals surface area (Å²) < 4.78 is 0. The third-order valence-corrected chi connectivity index (χ3v) is 3.56. The van der Waals surface area contributed by atoms with Gasteiger partial charge in [-0.1, -0.05) is 32.1 Å². The van der Waals surface area contributed by atoms with E-state index in [1.165, 1.54) is 11.3 Å². The summed E-state index contributed by atoms with van der Waals surface area (Å²) in [5.74, 6) is 0. The Morgan fingerprint density at radius 2 is 2.07 bits per heavy atom. The number of nitrogens with two attached hydrogens (primary N) is 1. The van der Waals surface area contributed by atoms with Gasteiger partial charge in [-0.25, -0.2) is 4.98 Å². The van der Waals surface area contributed by atoms with Gasteiger partial charge in [0.2, 0.25) is 0 Å². The molecule has 4 heteroatoms. The second kappa shape index (κ2) is 3.77. The smallest absolute Gasteiger partial charge is 0.187 e. The van der Waals surface area contributed by atoms with E-state index in [2.05, 4.69) is 44.6 Å². The number of hydrogen-bond acceptors (Lipinski definition) is 4. The zero-order valence-electron chi connectivity index (χ0n) is 9.53. The first-order valence-corrected chi connectivity index (χ1v) is 5.58. The predicted molar refractivity (Wildman–Crippen MR) is 63.8 cm³/mol. The maximum absolute atomic E-state index is 5.65. The van der Waals surface area contributed by atoms with Gasteiger partial charge < -0.3 is 10.6 Å². The topological polar surface area (TPSA) is 42.2 Å². The maximum Gasteiger partial charge on any atom is 0.187 e. The summed E-state index contributed by atoms with van der Waals surface area (Å²) in [6, 6.07) is 0.438. The first-order valence-electron chi connectivity index (χ1n) is 4.76. The molecule has 0 aliphatic heterocycles. The fourth-order valence-electron chi connectivity index (χ4n) is 1.19. The molecule has 1 rings (SSSR count). The third kappa shape index (κ3) is 2.38. The molecule has 0 radical (unpaired) electrons. The Kier molecular flexibility index (Phi) is 3.04. The molecule has 0 spiro atoms. The molecule has 0 aliphatic rings. The summed E-state index contributed by atoms with van der Waals surface area (Å²) in [5, 5.41) is 1.76. The summed E-state index contributed by atoms with van der Waals surface area (Å²) in [4.78, 5) is 6.45. The van der Waals surface area contributed by atoms with Crippen LogP contribution in [0.25, 0.3) is 0 Å². The summed E-state index contributed by atoms with van der Waals surface area (Å²) in [7, 11) is 2.06. The molecule has 0 amide bonds. The van der Waals surface area contributed by atoms with E-state index >= 15 is 0 Å². The molecule has 1 unspecified atom stereocenters. The van der Waals surface area contributed by atoms with Crippen LogP contribution in [0.5, 0.6) is 0 Å². The molecule has 0 saturated carbocycles. The molecule has 1 atom stereocenters. The Morgan fingerprint density at radius 3 is 2.43 bits per heavy atom. The van der Waals surface area contributed by atoms with Crippen LogP contribution in [0.1, 0.15) is 27.7 Å². The lowest BCUT2D eigenvalue weighted by molar-refractivity contribution is 0.329. The third-order valence-electron chi connectivity index (χ3n) is 2.65. The standard InChI is InChI=1S/C10H19N3S/c1-7(10(2,3)4)13(5)9-12-6-8(11)14-9/h6-7H,11H2,1-5H3. The predicted octanol–water partition coefficient (Wildman–Crippen LogP) is 2.60. The average molecular weight is 213 g/mol. The molecule has 0 aromatic carbocycles. The highest BCUT2D eigenvalue weighted by Gasteiger charge is 2.25. The number of thiazole rings is 1. The van der Waals surface area contributed by atoms with Crippen molar-refractivity contribution in [3.05, 3.63) is 6.20 Å².